The topological polar surface area (TPSA) is 67.8 Å². The molecule has 0 aliphatic carbocycles. The predicted molar refractivity (Wildman–Crippen MR) is 41.4 cm³/mol. The van der Waals surface area contributed by atoms with Crippen molar-refractivity contribution < 1.29 is 0 Å². The van der Waals surface area contributed by atoms with Crippen LogP contribution < -0.4 is 11.5 Å². The van der Waals surface area contributed by atoms with E-state index in [0.29, 0.717) is 6.54 Å². The van der Waals surface area contributed by atoms with E-state index in [4.69, 9.17) is 11.5 Å². The molecule has 0 amide bonds. The van der Waals surface area contributed by atoms with Crippen molar-refractivity contribution >= 4 is 0 Å². The lowest BCUT2D eigenvalue weighted by Crippen LogP contribution is -2.41. The summed E-state index contributed by atoms with van der Waals surface area (Å²) in [6, 6.07) is 3.85. The number of nitrogens with two attached hydrogens (primary N) is 2. The molecule has 0 saturated heterocycles. The van der Waals surface area contributed by atoms with Gasteiger partial charge in [-0.3, -0.25) is 0 Å². The zero-order chi connectivity index (χ0) is 7.61. The Balaban J connectivity index is 2.85. The third kappa shape index (κ3) is 1.20. The maximum absolute atomic E-state index is 5.83. The number of aromatic nitrogens is 1. The molecule has 3 heteroatoms. The van der Waals surface area contributed by atoms with Gasteiger partial charge in [0.2, 0.25) is 0 Å². The number of rotatable bonds is 2. The lowest BCUT2D eigenvalue weighted by Gasteiger charge is -2.20. The Bertz CT molecular complexity index is 189. The van der Waals surface area contributed by atoms with E-state index in [1.165, 1.54) is 0 Å². The van der Waals surface area contributed by atoms with Crippen LogP contribution in [-0.4, -0.2) is 11.5 Å². The van der Waals surface area contributed by atoms with Crippen LogP contribution >= 0.6 is 0 Å². The van der Waals surface area contributed by atoms with Gasteiger partial charge in [0.15, 0.2) is 0 Å². The molecule has 0 spiro atoms. The minimum atomic E-state index is -0.413. The zero-order valence-corrected chi connectivity index (χ0v) is 6.09. The largest absolute Gasteiger partial charge is 0.363 e. The van der Waals surface area contributed by atoms with E-state index >= 15 is 0 Å². The van der Waals surface area contributed by atoms with Crippen molar-refractivity contribution in [3.63, 3.8) is 0 Å². The highest BCUT2D eigenvalue weighted by molar-refractivity contribution is 5.14. The SMILES string of the molecule is CC(N)(CN)c1ccc[nH]1. The molecule has 1 rings (SSSR count). The van der Waals surface area contributed by atoms with Crippen LogP contribution in [0.4, 0.5) is 0 Å². The average Bonchev–Trinajstić information content (AvgIpc) is 2.38. The van der Waals surface area contributed by atoms with Crippen molar-refractivity contribution in [1.29, 1.82) is 0 Å². The van der Waals surface area contributed by atoms with Crippen LogP contribution in [0.3, 0.4) is 0 Å². The molecule has 10 heavy (non-hydrogen) atoms. The van der Waals surface area contributed by atoms with Crippen molar-refractivity contribution in [3.8, 4) is 0 Å². The molecule has 0 bridgehead atoms. The van der Waals surface area contributed by atoms with Gasteiger partial charge in [-0.25, -0.2) is 0 Å². The van der Waals surface area contributed by atoms with Crippen LogP contribution in [0.5, 0.6) is 0 Å². The van der Waals surface area contributed by atoms with E-state index < -0.39 is 5.54 Å². The molecule has 0 aromatic carbocycles. The van der Waals surface area contributed by atoms with Gasteiger partial charge < -0.3 is 16.5 Å². The molecule has 1 unspecified atom stereocenters. The van der Waals surface area contributed by atoms with Gasteiger partial charge in [-0.2, -0.15) is 0 Å². The molecule has 0 radical (unpaired) electrons. The highest BCUT2D eigenvalue weighted by atomic mass is 14.9. The van der Waals surface area contributed by atoms with Gasteiger partial charge in [0, 0.05) is 18.4 Å². The minimum Gasteiger partial charge on any atom is -0.363 e. The summed E-state index contributed by atoms with van der Waals surface area (Å²) in [6.07, 6.45) is 1.84. The molecule has 0 aliphatic rings. The summed E-state index contributed by atoms with van der Waals surface area (Å²) in [5, 5.41) is 0. The Morgan fingerprint density at radius 3 is 2.80 bits per heavy atom. The first kappa shape index (κ1) is 7.31. The second-order valence-electron chi connectivity index (χ2n) is 2.71. The third-order valence-corrected chi connectivity index (χ3v) is 1.64. The smallest absolute Gasteiger partial charge is 0.0656 e. The molecule has 5 N–H and O–H groups in total. The predicted octanol–water partition coefficient (Wildman–Crippen LogP) is 0.147. The van der Waals surface area contributed by atoms with E-state index in [2.05, 4.69) is 4.98 Å². The Morgan fingerprint density at radius 1 is 1.70 bits per heavy atom. The summed E-state index contributed by atoms with van der Waals surface area (Å²) in [6.45, 7) is 2.35. The summed E-state index contributed by atoms with van der Waals surface area (Å²) >= 11 is 0. The fourth-order valence-corrected chi connectivity index (χ4v) is 0.796. The maximum atomic E-state index is 5.83. The fraction of sp³-hybridized carbons (Fsp3) is 0.429. The van der Waals surface area contributed by atoms with Gasteiger partial charge in [-0.1, -0.05) is 0 Å². The Kier molecular flexibility index (Phi) is 1.78. The lowest BCUT2D eigenvalue weighted by molar-refractivity contribution is 0.494. The highest BCUT2D eigenvalue weighted by Crippen LogP contribution is 2.12. The molecule has 56 valence electrons. The summed E-state index contributed by atoms with van der Waals surface area (Å²) in [5.74, 6) is 0. The fourth-order valence-electron chi connectivity index (χ4n) is 0.796. The molecule has 0 fully saturated rings. The van der Waals surface area contributed by atoms with Gasteiger partial charge in [0.05, 0.1) is 5.54 Å². The minimum absolute atomic E-state index is 0.413. The second kappa shape index (κ2) is 2.44. The molecular formula is C7H13N3. The van der Waals surface area contributed by atoms with Crippen LogP contribution in [0.15, 0.2) is 18.3 Å². The van der Waals surface area contributed by atoms with Crippen molar-refractivity contribution in [3.05, 3.63) is 24.0 Å². The maximum Gasteiger partial charge on any atom is 0.0656 e. The van der Waals surface area contributed by atoms with Crippen LogP contribution in [0.2, 0.25) is 0 Å². The lowest BCUT2D eigenvalue weighted by atomic mass is 10.0. The van der Waals surface area contributed by atoms with E-state index in [1.54, 1.807) is 0 Å². The Morgan fingerprint density at radius 2 is 2.40 bits per heavy atom. The van der Waals surface area contributed by atoms with E-state index in [1.807, 2.05) is 25.3 Å². The van der Waals surface area contributed by atoms with E-state index in [-0.39, 0.29) is 0 Å². The molecule has 1 aromatic rings. The zero-order valence-electron chi connectivity index (χ0n) is 6.09. The van der Waals surface area contributed by atoms with Gasteiger partial charge in [-0.15, -0.1) is 0 Å². The van der Waals surface area contributed by atoms with Gasteiger partial charge in [-0.05, 0) is 19.1 Å². The van der Waals surface area contributed by atoms with Crippen molar-refractivity contribution in [2.45, 2.75) is 12.5 Å². The standard InChI is InChI=1S/C7H13N3/c1-7(9,5-8)6-3-2-4-10-6/h2-4,10H,5,8-9H2,1H3. The van der Waals surface area contributed by atoms with Crippen LogP contribution in [0.25, 0.3) is 0 Å². The molecule has 1 atom stereocenters. The second-order valence-corrected chi connectivity index (χ2v) is 2.71. The van der Waals surface area contributed by atoms with Gasteiger partial charge >= 0.3 is 0 Å². The first-order valence-corrected chi connectivity index (χ1v) is 3.29. The number of hydrogen-bond acceptors (Lipinski definition) is 2. The average molecular weight is 139 g/mol. The first-order chi connectivity index (χ1) is 4.67. The summed E-state index contributed by atoms with van der Waals surface area (Å²) < 4.78 is 0. The number of H-pyrrole nitrogens is 1. The first-order valence-electron chi connectivity index (χ1n) is 3.29. The summed E-state index contributed by atoms with van der Waals surface area (Å²) in [5.41, 5.74) is 11.8. The number of aromatic amines is 1. The molecule has 0 saturated carbocycles. The normalized spacial score (nSPS) is 16.7. The van der Waals surface area contributed by atoms with E-state index in [0.717, 1.165) is 5.69 Å². The van der Waals surface area contributed by atoms with Crippen molar-refractivity contribution in [1.82, 2.24) is 4.98 Å². The summed E-state index contributed by atoms with van der Waals surface area (Å²) in [4.78, 5) is 3.02. The van der Waals surface area contributed by atoms with Crippen LogP contribution in [-0.2, 0) is 5.54 Å². The van der Waals surface area contributed by atoms with Crippen LogP contribution in [0.1, 0.15) is 12.6 Å². The van der Waals surface area contributed by atoms with Gasteiger partial charge in [0.25, 0.3) is 0 Å². The Labute approximate surface area is 60.4 Å². The van der Waals surface area contributed by atoms with Crippen molar-refractivity contribution in [2.24, 2.45) is 11.5 Å². The van der Waals surface area contributed by atoms with E-state index in [9.17, 15) is 0 Å². The summed E-state index contributed by atoms with van der Waals surface area (Å²) in [7, 11) is 0. The number of hydrogen-bond donors (Lipinski definition) is 3. The highest BCUT2D eigenvalue weighted by Gasteiger charge is 2.18. The molecular weight excluding hydrogens is 126 g/mol. The van der Waals surface area contributed by atoms with Gasteiger partial charge in [0.1, 0.15) is 0 Å². The van der Waals surface area contributed by atoms with Crippen molar-refractivity contribution in [2.75, 3.05) is 6.54 Å². The quantitative estimate of drug-likeness (QED) is 0.546. The monoisotopic (exact) mass is 139 g/mol. The third-order valence-electron chi connectivity index (χ3n) is 1.64. The molecule has 3 nitrogen and oxygen atoms in total. The Hall–Kier alpha value is -0.800. The molecule has 0 aliphatic heterocycles. The molecule has 1 heterocycles. The van der Waals surface area contributed by atoms with Crippen LogP contribution in [0, 0.1) is 0 Å². The number of nitrogens with one attached hydrogen (secondary N) is 1. The molecule has 1 aromatic heterocycles.